The normalized spacial score (nSPS) is 13.6. The van der Waals surface area contributed by atoms with E-state index in [1.165, 1.54) is 14.0 Å². The number of methoxy groups -OCH3 is 1. The van der Waals surface area contributed by atoms with Crippen LogP contribution in [-0.4, -0.2) is 19.0 Å². The van der Waals surface area contributed by atoms with Crippen LogP contribution in [0.1, 0.15) is 25.5 Å². The number of ether oxygens (including phenoxy) is 1. The van der Waals surface area contributed by atoms with E-state index >= 15 is 0 Å². The first kappa shape index (κ1) is 13.2. The second kappa shape index (κ2) is 6.03. The number of esters is 1. The Labute approximate surface area is 101 Å². The SMILES string of the molecule is COC(=O)C(C)C(=O)NC(C)c1ccccc1. The predicted molar refractivity (Wildman–Crippen MR) is 64.2 cm³/mol. The van der Waals surface area contributed by atoms with Gasteiger partial charge in [0.25, 0.3) is 0 Å². The number of rotatable bonds is 4. The molecule has 2 atom stereocenters. The van der Waals surface area contributed by atoms with E-state index in [-0.39, 0.29) is 11.9 Å². The van der Waals surface area contributed by atoms with Crippen LogP contribution in [0.15, 0.2) is 30.3 Å². The molecule has 92 valence electrons. The summed E-state index contributed by atoms with van der Waals surface area (Å²) in [5.74, 6) is -1.64. The number of carbonyl (C=O) groups excluding carboxylic acids is 2. The molecule has 0 aliphatic carbocycles. The molecule has 0 fully saturated rings. The van der Waals surface area contributed by atoms with Crippen molar-refractivity contribution in [1.29, 1.82) is 0 Å². The van der Waals surface area contributed by atoms with Crippen molar-refractivity contribution in [3.8, 4) is 0 Å². The van der Waals surface area contributed by atoms with E-state index in [4.69, 9.17) is 0 Å². The standard InChI is InChI=1S/C13H17NO3/c1-9(13(16)17-3)12(15)14-10(2)11-7-5-4-6-8-11/h4-10H,1-3H3,(H,14,15). The number of hydrogen-bond donors (Lipinski definition) is 1. The molecular weight excluding hydrogens is 218 g/mol. The molecule has 1 rings (SSSR count). The van der Waals surface area contributed by atoms with Crippen LogP contribution in [-0.2, 0) is 14.3 Å². The molecule has 0 aliphatic heterocycles. The van der Waals surface area contributed by atoms with Gasteiger partial charge in [-0.1, -0.05) is 30.3 Å². The van der Waals surface area contributed by atoms with Crippen molar-refractivity contribution in [2.75, 3.05) is 7.11 Å². The van der Waals surface area contributed by atoms with Crippen LogP contribution in [0.25, 0.3) is 0 Å². The Balaban J connectivity index is 2.60. The van der Waals surface area contributed by atoms with Gasteiger partial charge in [0.1, 0.15) is 5.92 Å². The Morgan fingerprint density at radius 1 is 1.18 bits per heavy atom. The lowest BCUT2D eigenvalue weighted by molar-refractivity contribution is -0.149. The molecule has 1 aromatic rings. The fourth-order valence-electron chi connectivity index (χ4n) is 1.45. The lowest BCUT2D eigenvalue weighted by Gasteiger charge is -2.16. The van der Waals surface area contributed by atoms with Gasteiger partial charge in [0.2, 0.25) is 5.91 Å². The van der Waals surface area contributed by atoms with Gasteiger partial charge < -0.3 is 10.1 Å². The molecule has 1 N–H and O–H groups in total. The summed E-state index contributed by atoms with van der Waals surface area (Å²) in [6, 6.07) is 9.44. The average Bonchev–Trinajstić information content (AvgIpc) is 2.37. The van der Waals surface area contributed by atoms with Gasteiger partial charge in [-0.2, -0.15) is 0 Å². The maximum Gasteiger partial charge on any atom is 0.317 e. The minimum atomic E-state index is -0.786. The Bertz CT molecular complexity index is 389. The van der Waals surface area contributed by atoms with Gasteiger partial charge >= 0.3 is 5.97 Å². The topological polar surface area (TPSA) is 55.4 Å². The molecule has 0 spiro atoms. The van der Waals surface area contributed by atoms with E-state index < -0.39 is 11.9 Å². The largest absolute Gasteiger partial charge is 0.468 e. The molecule has 0 bridgehead atoms. The van der Waals surface area contributed by atoms with Gasteiger partial charge in [-0.3, -0.25) is 9.59 Å². The zero-order chi connectivity index (χ0) is 12.8. The molecule has 17 heavy (non-hydrogen) atoms. The van der Waals surface area contributed by atoms with Gasteiger partial charge in [-0.25, -0.2) is 0 Å². The summed E-state index contributed by atoms with van der Waals surface area (Å²) in [7, 11) is 1.27. The summed E-state index contributed by atoms with van der Waals surface area (Å²) < 4.78 is 4.52. The molecule has 1 aromatic carbocycles. The lowest BCUT2D eigenvalue weighted by Crippen LogP contribution is -2.35. The summed E-state index contributed by atoms with van der Waals surface area (Å²) in [6.45, 7) is 3.40. The van der Waals surface area contributed by atoms with Crippen LogP contribution in [0.3, 0.4) is 0 Å². The molecule has 4 nitrogen and oxygen atoms in total. The Kier molecular flexibility index (Phi) is 4.69. The zero-order valence-electron chi connectivity index (χ0n) is 10.3. The third-order valence-electron chi connectivity index (χ3n) is 2.61. The van der Waals surface area contributed by atoms with Crippen LogP contribution < -0.4 is 5.32 Å². The molecule has 0 aromatic heterocycles. The summed E-state index contributed by atoms with van der Waals surface area (Å²) in [4.78, 5) is 22.9. The van der Waals surface area contributed by atoms with Gasteiger partial charge in [-0.15, -0.1) is 0 Å². The van der Waals surface area contributed by atoms with Gasteiger partial charge in [0.05, 0.1) is 13.2 Å². The third-order valence-corrected chi connectivity index (χ3v) is 2.61. The number of hydrogen-bond acceptors (Lipinski definition) is 3. The second-order valence-electron chi connectivity index (χ2n) is 3.89. The Morgan fingerprint density at radius 3 is 2.29 bits per heavy atom. The zero-order valence-corrected chi connectivity index (χ0v) is 10.3. The van der Waals surface area contributed by atoms with Gasteiger partial charge in [0.15, 0.2) is 0 Å². The van der Waals surface area contributed by atoms with Crippen molar-refractivity contribution in [3.63, 3.8) is 0 Å². The first-order valence-electron chi connectivity index (χ1n) is 5.49. The number of carbonyl (C=O) groups is 2. The van der Waals surface area contributed by atoms with Crippen molar-refractivity contribution < 1.29 is 14.3 Å². The Morgan fingerprint density at radius 2 is 1.76 bits per heavy atom. The molecule has 1 amide bonds. The summed E-state index contributed by atoms with van der Waals surface area (Å²) in [5, 5.41) is 2.77. The summed E-state index contributed by atoms with van der Waals surface area (Å²) in [6.07, 6.45) is 0. The molecule has 0 radical (unpaired) electrons. The fourth-order valence-corrected chi connectivity index (χ4v) is 1.45. The fraction of sp³-hybridized carbons (Fsp3) is 0.385. The van der Waals surface area contributed by atoms with E-state index in [2.05, 4.69) is 10.1 Å². The lowest BCUT2D eigenvalue weighted by atomic mass is 10.1. The van der Waals surface area contributed by atoms with Crippen LogP contribution in [0.5, 0.6) is 0 Å². The molecule has 2 unspecified atom stereocenters. The highest BCUT2D eigenvalue weighted by molar-refractivity contribution is 5.97. The second-order valence-corrected chi connectivity index (χ2v) is 3.89. The van der Waals surface area contributed by atoms with E-state index in [0.29, 0.717) is 0 Å². The molecular formula is C13H17NO3. The monoisotopic (exact) mass is 235 g/mol. The van der Waals surface area contributed by atoms with Crippen molar-refractivity contribution in [1.82, 2.24) is 5.32 Å². The quantitative estimate of drug-likeness (QED) is 0.638. The van der Waals surface area contributed by atoms with Crippen LogP contribution in [0.4, 0.5) is 0 Å². The molecule has 0 saturated heterocycles. The van der Waals surface area contributed by atoms with Gasteiger partial charge in [0, 0.05) is 0 Å². The molecule has 0 aliphatic rings. The summed E-state index contributed by atoms with van der Waals surface area (Å²) >= 11 is 0. The van der Waals surface area contributed by atoms with Crippen molar-refractivity contribution in [2.24, 2.45) is 5.92 Å². The molecule has 4 heteroatoms. The van der Waals surface area contributed by atoms with Crippen LogP contribution in [0.2, 0.25) is 0 Å². The molecule has 0 saturated carbocycles. The van der Waals surface area contributed by atoms with Crippen molar-refractivity contribution in [3.05, 3.63) is 35.9 Å². The first-order valence-corrected chi connectivity index (χ1v) is 5.49. The van der Waals surface area contributed by atoms with Crippen molar-refractivity contribution in [2.45, 2.75) is 19.9 Å². The van der Waals surface area contributed by atoms with E-state index in [9.17, 15) is 9.59 Å². The number of nitrogens with one attached hydrogen (secondary N) is 1. The Hall–Kier alpha value is -1.84. The minimum Gasteiger partial charge on any atom is -0.468 e. The number of benzene rings is 1. The number of amides is 1. The van der Waals surface area contributed by atoms with Crippen molar-refractivity contribution >= 4 is 11.9 Å². The van der Waals surface area contributed by atoms with Crippen LogP contribution in [0, 0.1) is 5.92 Å². The van der Waals surface area contributed by atoms with E-state index in [0.717, 1.165) is 5.56 Å². The predicted octanol–water partition coefficient (Wildman–Crippen LogP) is 1.67. The molecule has 0 heterocycles. The van der Waals surface area contributed by atoms with Gasteiger partial charge in [-0.05, 0) is 19.4 Å². The maximum absolute atomic E-state index is 11.7. The van der Waals surface area contributed by atoms with E-state index in [1.54, 1.807) is 0 Å². The highest BCUT2D eigenvalue weighted by Gasteiger charge is 2.23. The summed E-state index contributed by atoms with van der Waals surface area (Å²) in [5.41, 5.74) is 0.998. The minimum absolute atomic E-state index is 0.129. The maximum atomic E-state index is 11.7. The highest BCUT2D eigenvalue weighted by Crippen LogP contribution is 2.12. The first-order chi connectivity index (χ1) is 8.06. The van der Waals surface area contributed by atoms with Crippen LogP contribution >= 0.6 is 0 Å². The average molecular weight is 235 g/mol. The van der Waals surface area contributed by atoms with E-state index in [1.807, 2.05) is 37.3 Å². The third kappa shape index (κ3) is 3.59. The smallest absolute Gasteiger partial charge is 0.317 e. The highest BCUT2D eigenvalue weighted by atomic mass is 16.5.